The van der Waals surface area contributed by atoms with Crippen molar-refractivity contribution in [2.45, 2.75) is 39.0 Å². The van der Waals surface area contributed by atoms with Crippen LogP contribution in [0.5, 0.6) is 0 Å². The molecule has 0 radical (unpaired) electrons. The molecule has 1 aliphatic rings. The van der Waals surface area contributed by atoms with E-state index in [-0.39, 0.29) is 0 Å². The Morgan fingerprint density at radius 1 is 1.50 bits per heavy atom. The molecule has 14 heavy (non-hydrogen) atoms. The van der Waals surface area contributed by atoms with Gasteiger partial charge in [0.1, 0.15) is 0 Å². The highest BCUT2D eigenvalue weighted by Crippen LogP contribution is 2.24. The minimum atomic E-state index is 0.861. The molecule has 1 atom stereocenters. The third kappa shape index (κ3) is 3.97. The maximum absolute atomic E-state index is 3.17. The summed E-state index contributed by atoms with van der Waals surface area (Å²) in [5.74, 6) is 0.861. The fourth-order valence-corrected chi connectivity index (χ4v) is 1.83. The SMILES string of the molecule is CC/C=C\CC1CC=C(NNC)CC1. The summed E-state index contributed by atoms with van der Waals surface area (Å²) in [4.78, 5) is 0. The molecule has 80 valence electrons. The molecule has 0 saturated carbocycles. The summed E-state index contributed by atoms with van der Waals surface area (Å²) in [5.41, 5.74) is 7.49. The lowest BCUT2D eigenvalue weighted by molar-refractivity contribution is 0.454. The van der Waals surface area contributed by atoms with E-state index in [4.69, 9.17) is 0 Å². The van der Waals surface area contributed by atoms with E-state index in [0.29, 0.717) is 0 Å². The maximum Gasteiger partial charge on any atom is 0.0222 e. The highest BCUT2D eigenvalue weighted by molar-refractivity contribution is 5.04. The summed E-state index contributed by atoms with van der Waals surface area (Å²) in [5, 5.41) is 0. The first kappa shape index (κ1) is 11.3. The Kier molecular flexibility index (Phi) is 5.38. The zero-order chi connectivity index (χ0) is 10.2. The van der Waals surface area contributed by atoms with E-state index >= 15 is 0 Å². The standard InChI is InChI=1S/C12H22N2/c1-3-4-5-6-11-7-9-12(10-8-11)14-13-2/h4-5,9,11,13-14H,3,6-8,10H2,1-2H3/b5-4-. The fraction of sp³-hybridized carbons (Fsp3) is 0.667. The number of nitrogens with one attached hydrogen (secondary N) is 2. The van der Waals surface area contributed by atoms with Gasteiger partial charge in [-0.1, -0.05) is 25.2 Å². The van der Waals surface area contributed by atoms with E-state index in [2.05, 4.69) is 36.0 Å². The number of hydrogen-bond acceptors (Lipinski definition) is 2. The van der Waals surface area contributed by atoms with Gasteiger partial charge in [-0.05, 0) is 38.0 Å². The van der Waals surface area contributed by atoms with Gasteiger partial charge >= 0.3 is 0 Å². The molecule has 1 rings (SSSR count). The van der Waals surface area contributed by atoms with Crippen molar-refractivity contribution >= 4 is 0 Å². The van der Waals surface area contributed by atoms with Crippen LogP contribution in [0.1, 0.15) is 39.0 Å². The van der Waals surface area contributed by atoms with Crippen LogP contribution < -0.4 is 10.9 Å². The lowest BCUT2D eigenvalue weighted by atomic mass is 9.90. The average Bonchev–Trinajstić information content (AvgIpc) is 2.21. The summed E-state index contributed by atoms with van der Waals surface area (Å²) in [6.45, 7) is 2.19. The van der Waals surface area contributed by atoms with E-state index in [9.17, 15) is 0 Å². The third-order valence-corrected chi connectivity index (χ3v) is 2.68. The summed E-state index contributed by atoms with van der Waals surface area (Å²) < 4.78 is 0. The Hall–Kier alpha value is -0.760. The highest BCUT2D eigenvalue weighted by Gasteiger charge is 2.12. The van der Waals surface area contributed by atoms with Crippen molar-refractivity contribution in [2.24, 2.45) is 5.92 Å². The van der Waals surface area contributed by atoms with Gasteiger partial charge in [-0.25, -0.2) is 5.43 Å². The molecule has 0 spiro atoms. The second-order valence-corrected chi connectivity index (χ2v) is 3.86. The van der Waals surface area contributed by atoms with Crippen LogP contribution >= 0.6 is 0 Å². The van der Waals surface area contributed by atoms with Crippen molar-refractivity contribution in [3.8, 4) is 0 Å². The molecule has 0 aromatic rings. The monoisotopic (exact) mass is 194 g/mol. The minimum absolute atomic E-state index is 0.861. The van der Waals surface area contributed by atoms with Crippen molar-refractivity contribution in [3.05, 3.63) is 23.9 Å². The van der Waals surface area contributed by atoms with E-state index < -0.39 is 0 Å². The molecule has 0 amide bonds. The van der Waals surface area contributed by atoms with Crippen molar-refractivity contribution < 1.29 is 0 Å². The third-order valence-electron chi connectivity index (χ3n) is 2.68. The molecular weight excluding hydrogens is 172 g/mol. The predicted molar refractivity (Wildman–Crippen MR) is 61.7 cm³/mol. The number of hydrogen-bond donors (Lipinski definition) is 2. The topological polar surface area (TPSA) is 24.1 Å². The van der Waals surface area contributed by atoms with Gasteiger partial charge in [0.05, 0.1) is 0 Å². The summed E-state index contributed by atoms with van der Waals surface area (Å²) in [6.07, 6.45) is 13.1. The van der Waals surface area contributed by atoms with Crippen LogP contribution in [0.3, 0.4) is 0 Å². The lowest BCUT2D eigenvalue weighted by Gasteiger charge is -2.21. The minimum Gasteiger partial charge on any atom is -0.326 e. The molecule has 0 aromatic heterocycles. The van der Waals surface area contributed by atoms with Crippen LogP contribution in [0, 0.1) is 5.92 Å². The molecule has 0 aromatic carbocycles. The van der Waals surface area contributed by atoms with Crippen molar-refractivity contribution in [3.63, 3.8) is 0 Å². The van der Waals surface area contributed by atoms with Crippen LogP contribution in [0.2, 0.25) is 0 Å². The van der Waals surface area contributed by atoms with Gasteiger partial charge in [0.25, 0.3) is 0 Å². The normalized spacial score (nSPS) is 22.4. The molecule has 0 fully saturated rings. The van der Waals surface area contributed by atoms with E-state index in [1.54, 1.807) is 0 Å². The first-order valence-electron chi connectivity index (χ1n) is 5.63. The van der Waals surface area contributed by atoms with E-state index in [1.807, 2.05) is 7.05 Å². The predicted octanol–water partition coefficient (Wildman–Crippen LogP) is 2.75. The molecule has 2 N–H and O–H groups in total. The van der Waals surface area contributed by atoms with Crippen LogP contribution in [-0.4, -0.2) is 7.05 Å². The maximum atomic E-state index is 3.17. The highest BCUT2D eigenvalue weighted by atomic mass is 15.3. The first-order valence-corrected chi connectivity index (χ1v) is 5.63. The Balaban J connectivity index is 2.24. The van der Waals surface area contributed by atoms with Crippen LogP contribution in [-0.2, 0) is 0 Å². The number of rotatable bonds is 5. The summed E-state index contributed by atoms with van der Waals surface area (Å²) in [7, 11) is 1.91. The van der Waals surface area contributed by atoms with Gasteiger partial charge in [0, 0.05) is 12.7 Å². The molecule has 0 heterocycles. The van der Waals surface area contributed by atoms with Gasteiger partial charge in [-0.15, -0.1) is 0 Å². The van der Waals surface area contributed by atoms with Crippen molar-refractivity contribution in [2.75, 3.05) is 7.05 Å². The lowest BCUT2D eigenvalue weighted by Crippen LogP contribution is -2.28. The molecule has 1 aliphatic carbocycles. The Morgan fingerprint density at radius 2 is 2.36 bits per heavy atom. The molecule has 1 unspecified atom stereocenters. The fourth-order valence-electron chi connectivity index (χ4n) is 1.83. The zero-order valence-corrected chi connectivity index (χ0v) is 9.34. The van der Waals surface area contributed by atoms with Gasteiger partial charge in [0.15, 0.2) is 0 Å². The Bertz CT molecular complexity index is 206. The van der Waals surface area contributed by atoms with Crippen LogP contribution in [0.25, 0.3) is 0 Å². The van der Waals surface area contributed by atoms with Crippen molar-refractivity contribution in [1.82, 2.24) is 10.9 Å². The molecule has 0 aliphatic heterocycles. The van der Waals surface area contributed by atoms with Gasteiger partial charge in [0.2, 0.25) is 0 Å². The average molecular weight is 194 g/mol. The Labute approximate surface area is 87.4 Å². The van der Waals surface area contributed by atoms with Crippen LogP contribution in [0.15, 0.2) is 23.9 Å². The van der Waals surface area contributed by atoms with Crippen molar-refractivity contribution in [1.29, 1.82) is 0 Å². The Morgan fingerprint density at radius 3 is 2.93 bits per heavy atom. The van der Waals surface area contributed by atoms with Gasteiger partial charge in [-0.3, -0.25) is 0 Å². The molecule has 2 nitrogen and oxygen atoms in total. The van der Waals surface area contributed by atoms with Gasteiger partial charge in [-0.2, -0.15) is 0 Å². The van der Waals surface area contributed by atoms with Gasteiger partial charge < -0.3 is 5.43 Å². The number of allylic oxidation sites excluding steroid dienone is 4. The summed E-state index contributed by atoms with van der Waals surface area (Å²) in [6, 6.07) is 0. The number of hydrazine groups is 1. The summed E-state index contributed by atoms with van der Waals surface area (Å²) >= 11 is 0. The van der Waals surface area contributed by atoms with E-state index in [0.717, 1.165) is 12.3 Å². The first-order chi connectivity index (χ1) is 6.86. The zero-order valence-electron chi connectivity index (χ0n) is 9.34. The van der Waals surface area contributed by atoms with Crippen LogP contribution in [0.4, 0.5) is 0 Å². The molecule has 2 heteroatoms. The molecule has 0 saturated heterocycles. The largest absolute Gasteiger partial charge is 0.326 e. The quantitative estimate of drug-likeness (QED) is 0.519. The smallest absolute Gasteiger partial charge is 0.0222 e. The molecular formula is C12H22N2. The second-order valence-electron chi connectivity index (χ2n) is 3.86. The second kappa shape index (κ2) is 6.66. The van der Waals surface area contributed by atoms with E-state index in [1.165, 1.54) is 31.4 Å². The molecule has 0 bridgehead atoms.